The monoisotopic (exact) mass is 353 g/mol. The molecule has 0 aliphatic rings. The number of fused-ring (bicyclic) bond motifs is 1. The molecule has 0 saturated heterocycles. The lowest BCUT2D eigenvalue weighted by Crippen LogP contribution is -2.20. The van der Waals surface area contributed by atoms with E-state index in [0.29, 0.717) is 22.5 Å². The number of oxazole rings is 1. The van der Waals surface area contributed by atoms with E-state index in [1.807, 2.05) is 13.0 Å². The maximum Gasteiger partial charge on any atom is 0.419 e. The zero-order valence-electron chi connectivity index (χ0n) is 14.5. The highest BCUT2D eigenvalue weighted by Gasteiger charge is 2.11. The van der Waals surface area contributed by atoms with Crippen LogP contribution < -0.4 is 16.4 Å². The van der Waals surface area contributed by atoms with Crippen molar-refractivity contribution in [3.8, 4) is 0 Å². The number of anilines is 2. The van der Waals surface area contributed by atoms with Crippen molar-refractivity contribution in [2.24, 2.45) is 0 Å². The second-order valence-corrected chi connectivity index (χ2v) is 6.00. The number of aryl methyl sites for hydroxylation is 2. The molecule has 7 nitrogen and oxygen atoms in total. The first-order valence-corrected chi connectivity index (χ1v) is 8.20. The molecule has 2 N–H and O–H groups in total. The van der Waals surface area contributed by atoms with Gasteiger partial charge in [-0.25, -0.2) is 4.79 Å². The zero-order valence-corrected chi connectivity index (χ0v) is 14.5. The van der Waals surface area contributed by atoms with Crippen LogP contribution in [0.1, 0.15) is 18.9 Å². The Bertz CT molecular complexity index is 1030. The first kappa shape index (κ1) is 17.5. The van der Waals surface area contributed by atoms with Gasteiger partial charge < -0.3 is 15.1 Å². The van der Waals surface area contributed by atoms with Crippen LogP contribution in [-0.2, 0) is 16.1 Å². The van der Waals surface area contributed by atoms with Crippen molar-refractivity contribution in [3.63, 3.8) is 0 Å². The third-order valence-electron chi connectivity index (χ3n) is 3.96. The number of nitrogens with zero attached hydrogens (tertiary/aromatic N) is 1. The minimum atomic E-state index is -0.477. The number of amides is 2. The fourth-order valence-corrected chi connectivity index (χ4v) is 2.73. The lowest BCUT2D eigenvalue weighted by atomic mass is 10.1. The summed E-state index contributed by atoms with van der Waals surface area (Å²) in [6.07, 6.45) is 0.135. The van der Waals surface area contributed by atoms with Gasteiger partial charge >= 0.3 is 5.76 Å². The summed E-state index contributed by atoms with van der Waals surface area (Å²) in [6, 6.07) is 12.3. The van der Waals surface area contributed by atoms with E-state index >= 15 is 0 Å². The van der Waals surface area contributed by atoms with Crippen molar-refractivity contribution in [3.05, 3.63) is 58.6 Å². The average molecular weight is 353 g/mol. The molecule has 1 heterocycles. The predicted octanol–water partition coefficient (Wildman–Crippen LogP) is 2.89. The summed E-state index contributed by atoms with van der Waals surface area (Å²) in [5.74, 6) is -0.842. The highest BCUT2D eigenvalue weighted by molar-refractivity contribution is 5.93. The van der Waals surface area contributed by atoms with Gasteiger partial charge in [-0.2, -0.15) is 0 Å². The second-order valence-electron chi connectivity index (χ2n) is 6.00. The van der Waals surface area contributed by atoms with E-state index in [1.165, 1.54) is 11.5 Å². The van der Waals surface area contributed by atoms with Crippen molar-refractivity contribution in [2.75, 3.05) is 10.6 Å². The highest BCUT2D eigenvalue weighted by Crippen LogP contribution is 2.20. The Morgan fingerprint density at radius 1 is 1.12 bits per heavy atom. The molecule has 0 spiro atoms. The lowest BCUT2D eigenvalue weighted by molar-refractivity contribution is -0.116. The molecular weight excluding hydrogens is 334 g/mol. The Kier molecular flexibility index (Phi) is 4.88. The smallest absolute Gasteiger partial charge is 0.408 e. The molecule has 2 aromatic carbocycles. The Hall–Kier alpha value is -3.35. The number of carbonyl (C=O) groups excluding carboxylic acids is 2. The largest absolute Gasteiger partial charge is 0.419 e. The van der Waals surface area contributed by atoms with Gasteiger partial charge in [-0.1, -0.05) is 12.1 Å². The predicted molar refractivity (Wildman–Crippen MR) is 99.2 cm³/mol. The van der Waals surface area contributed by atoms with E-state index in [1.54, 1.807) is 36.4 Å². The molecule has 0 bridgehead atoms. The first-order chi connectivity index (χ1) is 12.4. The van der Waals surface area contributed by atoms with Gasteiger partial charge in [0.25, 0.3) is 0 Å². The van der Waals surface area contributed by atoms with Gasteiger partial charge in [0.2, 0.25) is 11.8 Å². The van der Waals surface area contributed by atoms with Gasteiger partial charge in [0.15, 0.2) is 5.58 Å². The van der Waals surface area contributed by atoms with Crippen LogP contribution in [0.4, 0.5) is 11.4 Å². The van der Waals surface area contributed by atoms with Gasteiger partial charge in [0.1, 0.15) is 0 Å². The molecule has 1 aromatic heterocycles. The molecule has 0 aliphatic carbocycles. The number of carbonyl (C=O) groups is 2. The quantitative estimate of drug-likeness (QED) is 0.737. The van der Waals surface area contributed by atoms with Crippen LogP contribution in [0.15, 0.2) is 51.7 Å². The standard InChI is InChI=1S/C19H19N3O4/c1-12-11-14(7-8-15(12)20-13(2)23)21-18(24)9-10-22-16-5-3-4-6-17(16)26-19(22)25/h3-8,11H,9-10H2,1-2H3,(H,20,23)(H,21,24). The van der Waals surface area contributed by atoms with Crippen molar-refractivity contribution in [2.45, 2.75) is 26.8 Å². The molecule has 3 rings (SSSR count). The van der Waals surface area contributed by atoms with Crippen molar-refractivity contribution in [1.82, 2.24) is 4.57 Å². The topological polar surface area (TPSA) is 93.3 Å². The summed E-state index contributed by atoms with van der Waals surface area (Å²) < 4.78 is 6.60. The number of para-hydroxylation sites is 2. The zero-order chi connectivity index (χ0) is 18.7. The van der Waals surface area contributed by atoms with Crippen molar-refractivity contribution in [1.29, 1.82) is 0 Å². The Balaban J connectivity index is 1.66. The normalized spacial score (nSPS) is 10.7. The van der Waals surface area contributed by atoms with E-state index in [0.717, 1.165) is 5.56 Å². The van der Waals surface area contributed by atoms with Crippen molar-refractivity contribution >= 4 is 34.3 Å². The molecule has 134 valence electrons. The Morgan fingerprint density at radius 3 is 2.62 bits per heavy atom. The van der Waals surface area contributed by atoms with E-state index in [4.69, 9.17) is 4.42 Å². The van der Waals surface area contributed by atoms with Gasteiger partial charge in [-0.15, -0.1) is 0 Å². The van der Waals surface area contributed by atoms with Gasteiger partial charge in [0.05, 0.1) is 5.52 Å². The molecule has 26 heavy (non-hydrogen) atoms. The van der Waals surface area contributed by atoms with Gasteiger partial charge in [0, 0.05) is 31.3 Å². The molecular formula is C19H19N3O4. The maximum absolute atomic E-state index is 12.2. The van der Waals surface area contributed by atoms with E-state index in [9.17, 15) is 14.4 Å². The summed E-state index contributed by atoms with van der Waals surface area (Å²) in [6.45, 7) is 3.51. The first-order valence-electron chi connectivity index (χ1n) is 8.20. The summed E-state index contributed by atoms with van der Waals surface area (Å²) in [5, 5.41) is 5.52. The van der Waals surface area contributed by atoms with Crippen molar-refractivity contribution < 1.29 is 14.0 Å². The van der Waals surface area contributed by atoms with Crippen LogP contribution in [0.5, 0.6) is 0 Å². The minimum absolute atomic E-state index is 0.135. The third kappa shape index (κ3) is 3.83. The van der Waals surface area contributed by atoms with Crippen LogP contribution in [0.25, 0.3) is 11.1 Å². The number of aromatic nitrogens is 1. The molecule has 0 saturated carbocycles. The third-order valence-corrected chi connectivity index (χ3v) is 3.96. The summed E-state index contributed by atoms with van der Waals surface area (Å²) in [4.78, 5) is 35.2. The van der Waals surface area contributed by atoms with Crippen LogP contribution in [0.2, 0.25) is 0 Å². The van der Waals surface area contributed by atoms with Crippen LogP contribution in [-0.4, -0.2) is 16.4 Å². The van der Waals surface area contributed by atoms with Gasteiger partial charge in [-0.3, -0.25) is 14.2 Å². The van der Waals surface area contributed by atoms with E-state index in [2.05, 4.69) is 10.6 Å². The molecule has 0 fully saturated rings. The lowest BCUT2D eigenvalue weighted by Gasteiger charge is -2.10. The minimum Gasteiger partial charge on any atom is -0.408 e. The molecule has 7 heteroatoms. The number of hydrogen-bond donors (Lipinski definition) is 2. The molecule has 0 unspecified atom stereocenters. The van der Waals surface area contributed by atoms with Crippen LogP contribution in [0, 0.1) is 6.92 Å². The number of benzene rings is 2. The van der Waals surface area contributed by atoms with E-state index < -0.39 is 5.76 Å². The van der Waals surface area contributed by atoms with E-state index in [-0.39, 0.29) is 24.8 Å². The number of hydrogen-bond acceptors (Lipinski definition) is 4. The fraction of sp³-hybridized carbons (Fsp3) is 0.211. The SMILES string of the molecule is CC(=O)Nc1ccc(NC(=O)CCn2c(=O)oc3ccccc32)cc1C. The summed E-state index contributed by atoms with van der Waals surface area (Å²) in [7, 11) is 0. The second kappa shape index (κ2) is 7.26. The Labute approximate surface area is 149 Å². The molecule has 0 radical (unpaired) electrons. The van der Waals surface area contributed by atoms with Crippen LogP contribution >= 0.6 is 0 Å². The molecule has 3 aromatic rings. The molecule has 0 aliphatic heterocycles. The number of nitrogens with one attached hydrogen (secondary N) is 2. The summed E-state index contributed by atoms with van der Waals surface area (Å²) >= 11 is 0. The van der Waals surface area contributed by atoms with Crippen LogP contribution in [0.3, 0.4) is 0 Å². The molecule has 0 atom stereocenters. The average Bonchev–Trinajstić information content (AvgIpc) is 2.90. The maximum atomic E-state index is 12.2. The highest BCUT2D eigenvalue weighted by atomic mass is 16.4. The fourth-order valence-electron chi connectivity index (χ4n) is 2.73. The number of rotatable bonds is 5. The van der Waals surface area contributed by atoms with Gasteiger partial charge in [-0.05, 0) is 42.8 Å². The summed E-state index contributed by atoms with van der Waals surface area (Å²) in [5.41, 5.74) is 3.34. The Morgan fingerprint density at radius 2 is 1.88 bits per heavy atom. The molecule has 2 amide bonds.